The number of carbonyl (C=O) groups is 1. The molecule has 0 radical (unpaired) electrons. The van der Waals surface area contributed by atoms with E-state index < -0.39 is 5.97 Å². The van der Waals surface area contributed by atoms with E-state index in [9.17, 15) is 4.79 Å². The second kappa shape index (κ2) is 8.97. The van der Waals surface area contributed by atoms with Crippen LogP contribution in [-0.2, 0) is 18.2 Å². The van der Waals surface area contributed by atoms with Gasteiger partial charge in [0.05, 0.1) is 19.3 Å². The van der Waals surface area contributed by atoms with Crippen molar-refractivity contribution in [3.8, 4) is 16.9 Å². The molecule has 1 heterocycles. The summed E-state index contributed by atoms with van der Waals surface area (Å²) < 4.78 is 13.2. The minimum atomic E-state index is -0.396. The van der Waals surface area contributed by atoms with Gasteiger partial charge in [-0.3, -0.25) is 0 Å². The predicted molar refractivity (Wildman–Crippen MR) is 110 cm³/mol. The Bertz CT molecular complexity index is 869. The smallest absolute Gasteiger partial charge is 0.354 e. The molecule has 0 atom stereocenters. The molecule has 5 nitrogen and oxygen atoms in total. The van der Waals surface area contributed by atoms with Gasteiger partial charge in [-0.05, 0) is 56.7 Å². The number of aromatic nitrogens is 1. The van der Waals surface area contributed by atoms with E-state index in [4.69, 9.17) is 16.0 Å². The lowest BCUT2D eigenvalue weighted by Gasteiger charge is -2.23. The molecular weight excluding hydrogens is 352 g/mol. The number of hydrogen-bond donors (Lipinski definition) is 0. The Kier molecular flexibility index (Phi) is 6.41. The van der Waals surface area contributed by atoms with Gasteiger partial charge in [-0.15, -0.1) is 0 Å². The van der Waals surface area contributed by atoms with E-state index in [0.29, 0.717) is 30.0 Å². The van der Waals surface area contributed by atoms with Crippen LogP contribution in [0.2, 0.25) is 0 Å². The molecule has 1 fully saturated rings. The van der Waals surface area contributed by atoms with Gasteiger partial charge in [-0.25, -0.2) is 9.64 Å². The third-order valence-corrected chi connectivity index (χ3v) is 5.40. The van der Waals surface area contributed by atoms with Crippen molar-refractivity contribution in [2.45, 2.75) is 58.5 Å². The summed E-state index contributed by atoms with van der Waals surface area (Å²) in [5, 5.41) is 0. The normalized spacial score (nSPS) is 14.5. The maximum atomic E-state index is 12.6. The number of esters is 1. The van der Waals surface area contributed by atoms with Gasteiger partial charge in [0.2, 0.25) is 5.69 Å². The molecule has 0 unspecified atom stereocenters. The van der Waals surface area contributed by atoms with Crippen molar-refractivity contribution >= 4 is 11.7 Å². The molecule has 0 bridgehead atoms. The molecule has 1 aromatic heterocycles. The molecule has 0 aliphatic heterocycles. The Morgan fingerprint density at radius 3 is 2.43 bits per heavy atom. The zero-order valence-electron chi connectivity index (χ0n) is 17.0. The molecule has 2 aromatic rings. The Labute approximate surface area is 167 Å². The van der Waals surface area contributed by atoms with E-state index in [0.717, 1.165) is 29.8 Å². The molecule has 148 valence electrons. The zero-order valence-corrected chi connectivity index (χ0v) is 17.0. The quantitative estimate of drug-likeness (QED) is 0.477. The molecule has 1 aliphatic carbocycles. The van der Waals surface area contributed by atoms with Crippen LogP contribution in [-0.4, -0.2) is 23.2 Å². The monoisotopic (exact) mass is 380 g/mol. The average molecular weight is 380 g/mol. The molecule has 1 aromatic carbocycles. The lowest BCUT2D eigenvalue weighted by molar-refractivity contribution is 0.0516. The largest absolute Gasteiger partial charge is 0.490 e. The Hall–Kier alpha value is -2.74. The summed E-state index contributed by atoms with van der Waals surface area (Å²) >= 11 is 0. The lowest BCUT2D eigenvalue weighted by atomic mass is 9.98. The van der Waals surface area contributed by atoms with Crippen molar-refractivity contribution in [1.82, 2.24) is 4.57 Å². The summed E-state index contributed by atoms with van der Waals surface area (Å²) in [5.41, 5.74) is 3.28. The van der Waals surface area contributed by atoms with Gasteiger partial charge < -0.3 is 14.0 Å². The molecule has 3 rings (SSSR count). The first-order chi connectivity index (χ1) is 13.6. The van der Waals surface area contributed by atoms with Crippen molar-refractivity contribution in [1.29, 1.82) is 0 Å². The summed E-state index contributed by atoms with van der Waals surface area (Å²) in [5.74, 6) is 0.441. The summed E-state index contributed by atoms with van der Waals surface area (Å²) in [4.78, 5) is 16.4. The van der Waals surface area contributed by atoms with Crippen molar-refractivity contribution in [2.75, 3.05) is 6.61 Å². The summed E-state index contributed by atoms with van der Waals surface area (Å²) in [6.45, 7) is 11.8. The molecule has 1 aliphatic rings. The van der Waals surface area contributed by atoms with E-state index >= 15 is 0 Å². The van der Waals surface area contributed by atoms with E-state index in [1.807, 2.05) is 38.2 Å². The summed E-state index contributed by atoms with van der Waals surface area (Å²) in [6.07, 6.45) is 6.92. The molecule has 0 N–H and O–H groups in total. The minimum absolute atomic E-state index is 0.289. The standard InChI is InChI=1S/C23H28N2O3/c1-5-19-21(24-3)20(22(25(19)4)23(26)27-6-2)16-12-14-18(15-13-16)28-17-10-8-7-9-11-17/h12-15,17H,5-11H2,1-2,4H3. The van der Waals surface area contributed by atoms with Crippen LogP contribution >= 0.6 is 0 Å². The van der Waals surface area contributed by atoms with E-state index in [-0.39, 0.29) is 6.10 Å². The SMILES string of the molecule is [C-]#[N+]c1c(-c2ccc(OC3CCCCC3)cc2)c(C(=O)OCC)n(C)c1CC. The molecule has 0 saturated heterocycles. The van der Waals surface area contributed by atoms with Gasteiger partial charge in [0.15, 0.2) is 0 Å². The number of ether oxygens (including phenoxy) is 2. The first-order valence-electron chi connectivity index (χ1n) is 10.1. The zero-order chi connectivity index (χ0) is 20.1. The van der Waals surface area contributed by atoms with Crippen LogP contribution in [0.25, 0.3) is 16.0 Å². The number of hydrogen-bond acceptors (Lipinski definition) is 3. The highest BCUT2D eigenvalue weighted by molar-refractivity contribution is 6.01. The van der Waals surface area contributed by atoms with Crippen molar-refractivity contribution < 1.29 is 14.3 Å². The van der Waals surface area contributed by atoms with Crippen molar-refractivity contribution in [3.63, 3.8) is 0 Å². The Balaban J connectivity index is 1.97. The fourth-order valence-corrected chi connectivity index (χ4v) is 4.03. The fraction of sp³-hybridized carbons (Fsp3) is 0.478. The van der Waals surface area contributed by atoms with Crippen LogP contribution in [0.3, 0.4) is 0 Å². The van der Waals surface area contributed by atoms with E-state index in [1.54, 1.807) is 11.5 Å². The van der Waals surface area contributed by atoms with E-state index in [2.05, 4.69) is 4.85 Å². The van der Waals surface area contributed by atoms with Crippen LogP contribution in [0, 0.1) is 6.57 Å². The average Bonchev–Trinajstić information content (AvgIpc) is 3.01. The third-order valence-electron chi connectivity index (χ3n) is 5.40. The molecule has 0 spiro atoms. The lowest BCUT2D eigenvalue weighted by Crippen LogP contribution is -2.19. The molecular formula is C23H28N2O3. The highest BCUT2D eigenvalue weighted by Gasteiger charge is 2.27. The van der Waals surface area contributed by atoms with Crippen molar-refractivity contribution in [2.24, 2.45) is 7.05 Å². The number of nitrogens with zero attached hydrogens (tertiary/aromatic N) is 2. The second-order valence-electron chi connectivity index (χ2n) is 7.17. The van der Waals surface area contributed by atoms with Crippen LogP contribution in [0.15, 0.2) is 24.3 Å². The van der Waals surface area contributed by atoms with Crippen LogP contribution in [0.1, 0.15) is 62.1 Å². The van der Waals surface area contributed by atoms with Gasteiger partial charge in [0.25, 0.3) is 0 Å². The first kappa shape index (κ1) is 20.0. The summed E-state index contributed by atoms with van der Waals surface area (Å²) in [6, 6.07) is 7.74. The fourth-order valence-electron chi connectivity index (χ4n) is 4.03. The van der Waals surface area contributed by atoms with Crippen molar-refractivity contribution in [3.05, 3.63) is 47.1 Å². The predicted octanol–water partition coefficient (Wildman–Crippen LogP) is 5.69. The first-order valence-corrected chi connectivity index (χ1v) is 10.1. The molecule has 1 saturated carbocycles. The highest BCUT2D eigenvalue weighted by atomic mass is 16.5. The highest BCUT2D eigenvalue weighted by Crippen LogP contribution is 2.40. The van der Waals surface area contributed by atoms with Crippen LogP contribution < -0.4 is 4.74 Å². The van der Waals surface area contributed by atoms with Gasteiger partial charge in [-0.2, -0.15) is 0 Å². The Morgan fingerprint density at radius 1 is 1.18 bits per heavy atom. The number of rotatable bonds is 6. The van der Waals surface area contributed by atoms with Crippen LogP contribution in [0.5, 0.6) is 5.75 Å². The van der Waals surface area contributed by atoms with E-state index in [1.165, 1.54) is 19.3 Å². The Morgan fingerprint density at radius 2 is 1.86 bits per heavy atom. The number of benzene rings is 1. The topological polar surface area (TPSA) is 44.8 Å². The van der Waals surface area contributed by atoms with Gasteiger partial charge in [-0.1, -0.05) is 25.5 Å². The number of carbonyl (C=O) groups excluding carboxylic acids is 1. The molecule has 28 heavy (non-hydrogen) atoms. The maximum absolute atomic E-state index is 12.6. The summed E-state index contributed by atoms with van der Waals surface area (Å²) in [7, 11) is 1.82. The second-order valence-corrected chi connectivity index (χ2v) is 7.17. The third kappa shape index (κ3) is 3.91. The van der Waals surface area contributed by atoms with Gasteiger partial charge in [0.1, 0.15) is 11.4 Å². The minimum Gasteiger partial charge on any atom is -0.490 e. The molecule has 5 heteroatoms. The van der Waals surface area contributed by atoms with Gasteiger partial charge in [0, 0.05) is 18.3 Å². The van der Waals surface area contributed by atoms with Gasteiger partial charge >= 0.3 is 5.97 Å². The molecule has 0 amide bonds. The van der Waals surface area contributed by atoms with Crippen LogP contribution in [0.4, 0.5) is 5.69 Å². The maximum Gasteiger partial charge on any atom is 0.354 e.